The van der Waals surface area contributed by atoms with Gasteiger partial charge >= 0.3 is 0 Å². The zero-order valence-corrected chi connectivity index (χ0v) is 18.9. The molecule has 30 heavy (non-hydrogen) atoms. The standard InChI is InChI=1S/C24H40N4O2/c1-3-25-24(28-14-11-23(19-28)20-30-16-15-29-2)26-17-21-7-9-22(10-8-21)18-27-12-5-4-6-13-27/h7-10,23H,3-6,11-20H2,1-2H3,(H,25,26). The molecule has 0 aliphatic carbocycles. The first-order valence-corrected chi connectivity index (χ1v) is 11.7. The van der Waals surface area contributed by atoms with E-state index in [4.69, 9.17) is 14.5 Å². The molecule has 0 saturated carbocycles. The molecule has 6 heteroatoms. The fraction of sp³-hybridized carbons (Fsp3) is 0.708. The third-order valence-electron chi connectivity index (χ3n) is 5.99. The minimum absolute atomic E-state index is 0.569. The van der Waals surface area contributed by atoms with Gasteiger partial charge in [-0.25, -0.2) is 4.99 Å². The zero-order valence-electron chi connectivity index (χ0n) is 18.9. The van der Waals surface area contributed by atoms with Gasteiger partial charge in [0.25, 0.3) is 0 Å². The molecule has 168 valence electrons. The normalized spacial score (nSPS) is 20.7. The summed E-state index contributed by atoms with van der Waals surface area (Å²) in [5, 5.41) is 3.47. The van der Waals surface area contributed by atoms with Crippen molar-refractivity contribution in [3.05, 3.63) is 35.4 Å². The van der Waals surface area contributed by atoms with Gasteiger partial charge in [-0.15, -0.1) is 0 Å². The van der Waals surface area contributed by atoms with Crippen molar-refractivity contribution in [1.29, 1.82) is 0 Å². The molecule has 2 aliphatic heterocycles. The Morgan fingerprint density at radius 3 is 2.57 bits per heavy atom. The first-order valence-electron chi connectivity index (χ1n) is 11.7. The molecular weight excluding hydrogens is 376 g/mol. The summed E-state index contributed by atoms with van der Waals surface area (Å²) in [5.74, 6) is 1.59. The summed E-state index contributed by atoms with van der Waals surface area (Å²) in [5.41, 5.74) is 2.68. The van der Waals surface area contributed by atoms with Crippen LogP contribution < -0.4 is 5.32 Å². The number of nitrogens with zero attached hydrogens (tertiary/aromatic N) is 3. The van der Waals surface area contributed by atoms with Gasteiger partial charge in [-0.3, -0.25) is 4.90 Å². The van der Waals surface area contributed by atoms with E-state index in [1.807, 2.05) is 0 Å². The van der Waals surface area contributed by atoms with E-state index in [9.17, 15) is 0 Å². The molecular formula is C24H40N4O2. The van der Waals surface area contributed by atoms with Crippen molar-refractivity contribution in [2.45, 2.75) is 45.7 Å². The number of benzene rings is 1. The van der Waals surface area contributed by atoms with Gasteiger partial charge < -0.3 is 19.7 Å². The number of ether oxygens (including phenoxy) is 2. The molecule has 2 saturated heterocycles. The van der Waals surface area contributed by atoms with Crippen LogP contribution >= 0.6 is 0 Å². The van der Waals surface area contributed by atoms with Crippen molar-refractivity contribution < 1.29 is 9.47 Å². The van der Waals surface area contributed by atoms with Crippen molar-refractivity contribution in [3.63, 3.8) is 0 Å². The molecule has 2 heterocycles. The second-order valence-corrected chi connectivity index (χ2v) is 8.49. The summed E-state index contributed by atoms with van der Waals surface area (Å²) in [6.45, 7) is 11.5. The largest absolute Gasteiger partial charge is 0.382 e. The van der Waals surface area contributed by atoms with Crippen LogP contribution in [-0.2, 0) is 22.6 Å². The van der Waals surface area contributed by atoms with Crippen LogP contribution in [-0.4, -0.2) is 75.4 Å². The smallest absolute Gasteiger partial charge is 0.194 e. The molecule has 0 amide bonds. The molecule has 1 aromatic rings. The van der Waals surface area contributed by atoms with E-state index >= 15 is 0 Å². The Labute approximate surface area is 182 Å². The number of likely N-dealkylation sites (tertiary alicyclic amines) is 2. The van der Waals surface area contributed by atoms with Crippen molar-refractivity contribution in [2.24, 2.45) is 10.9 Å². The van der Waals surface area contributed by atoms with Crippen LogP contribution in [0.2, 0.25) is 0 Å². The number of rotatable bonds is 10. The van der Waals surface area contributed by atoms with Gasteiger partial charge in [0.2, 0.25) is 0 Å². The number of guanidine groups is 1. The van der Waals surface area contributed by atoms with Crippen molar-refractivity contribution in [3.8, 4) is 0 Å². The summed E-state index contributed by atoms with van der Waals surface area (Å²) in [7, 11) is 1.71. The number of nitrogens with one attached hydrogen (secondary N) is 1. The molecule has 1 atom stereocenters. The zero-order chi connectivity index (χ0) is 21.0. The quantitative estimate of drug-likeness (QED) is 0.361. The molecule has 2 fully saturated rings. The Hall–Kier alpha value is -1.63. The minimum Gasteiger partial charge on any atom is -0.382 e. The number of methoxy groups -OCH3 is 1. The summed E-state index contributed by atoms with van der Waals surface area (Å²) < 4.78 is 10.8. The van der Waals surface area contributed by atoms with Gasteiger partial charge in [-0.1, -0.05) is 30.7 Å². The lowest BCUT2D eigenvalue weighted by Gasteiger charge is -2.26. The van der Waals surface area contributed by atoms with E-state index in [2.05, 4.69) is 46.3 Å². The molecule has 0 spiro atoms. The average molecular weight is 417 g/mol. The third kappa shape index (κ3) is 7.56. The summed E-state index contributed by atoms with van der Waals surface area (Å²) in [6, 6.07) is 9.02. The number of hydrogen-bond donors (Lipinski definition) is 1. The Balaban J connectivity index is 1.48. The highest BCUT2D eigenvalue weighted by molar-refractivity contribution is 5.80. The van der Waals surface area contributed by atoms with Crippen LogP contribution in [0.25, 0.3) is 0 Å². The lowest BCUT2D eigenvalue weighted by atomic mass is 10.1. The second kappa shape index (κ2) is 12.9. The Morgan fingerprint density at radius 2 is 1.83 bits per heavy atom. The van der Waals surface area contributed by atoms with E-state index in [0.717, 1.165) is 51.7 Å². The van der Waals surface area contributed by atoms with Crippen LogP contribution in [0.1, 0.15) is 43.7 Å². The SMILES string of the molecule is CCNC(=NCc1ccc(CN2CCCCC2)cc1)N1CCC(COCCOC)C1. The number of aliphatic imine (C=N–C) groups is 1. The lowest BCUT2D eigenvalue weighted by Crippen LogP contribution is -2.40. The monoisotopic (exact) mass is 416 g/mol. The van der Waals surface area contributed by atoms with E-state index in [0.29, 0.717) is 19.1 Å². The molecule has 6 nitrogen and oxygen atoms in total. The molecule has 0 bridgehead atoms. The van der Waals surface area contributed by atoms with Gasteiger partial charge in [0.15, 0.2) is 5.96 Å². The van der Waals surface area contributed by atoms with Gasteiger partial charge in [-0.2, -0.15) is 0 Å². The van der Waals surface area contributed by atoms with E-state index in [1.165, 1.54) is 43.5 Å². The summed E-state index contributed by atoms with van der Waals surface area (Å²) >= 11 is 0. The van der Waals surface area contributed by atoms with E-state index in [-0.39, 0.29) is 0 Å². The molecule has 0 radical (unpaired) electrons. The topological polar surface area (TPSA) is 49.3 Å². The van der Waals surface area contributed by atoms with Crippen LogP contribution in [0.3, 0.4) is 0 Å². The third-order valence-corrected chi connectivity index (χ3v) is 5.99. The first kappa shape index (κ1) is 23.0. The maximum absolute atomic E-state index is 5.73. The highest BCUT2D eigenvalue weighted by Crippen LogP contribution is 2.17. The minimum atomic E-state index is 0.569. The highest BCUT2D eigenvalue weighted by atomic mass is 16.5. The maximum atomic E-state index is 5.73. The molecule has 1 N–H and O–H groups in total. The number of piperidine rings is 1. The van der Waals surface area contributed by atoms with Gasteiger partial charge in [-0.05, 0) is 50.4 Å². The molecule has 3 rings (SSSR count). The molecule has 1 unspecified atom stereocenters. The average Bonchev–Trinajstić information content (AvgIpc) is 3.25. The van der Waals surface area contributed by atoms with E-state index < -0.39 is 0 Å². The Morgan fingerprint density at radius 1 is 1.07 bits per heavy atom. The summed E-state index contributed by atoms with van der Waals surface area (Å²) in [4.78, 5) is 9.86. The van der Waals surface area contributed by atoms with Crippen molar-refractivity contribution >= 4 is 5.96 Å². The predicted molar refractivity (Wildman–Crippen MR) is 123 cm³/mol. The fourth-order valence-electron chi connectivity index (χ4n) is 4.27. The molecule has 1 aromatic carbocycles. The van der Waals surface area contributed by atoms with Gasteiger partial charge in [0.05, 0.1) is 26.4 Å². The van der Waals surface area contributed by atoms with Gasteiger partial charge in [0, 0.05) is 39.2 Å². The Bertz CT molecular complexity index is 629. The second-order valence-electron chi connectivity index (χ2n) is 8.49. The highest BCUT2D eigenvalue weighted by Gasteiger charge is 2.25. The van der Waals surface area contributed by atoms with Crippen LogP contribution in [0, 0.1) is 5.92 Å². The fourth-order valence-corrected chi connectivity index (χ4v) is 4.27. The molecule has 0 aromatic heterocycles. The lowest BCUT2D eigenvalue weighted by molar-refractivity contribution is 0.0536. The maximum Gasteiger partial charge on any atom is 0.194 e. The Kier molecular flexibility index (Phi) is 9.93. The predicted octanol–water partition coefficient (Wildman–Crippen LogP) is 3.12. The van der Waals surface area contributed by atoms with Crippen molar-refractivity contribution in [1.82, 2.24) is 15.1 Å². The summed E-state index contributed by atoms with van der Waals surface area (Å²) in [6.07, 6.45) is 5.23. The van der Waals surface area contributed by atoms with Gasteiger partial charge in [0.1, 0.15) is 0 Å². The first-order chi connectivity index (χ1) is 14.8. The van der Waals surface area contributed by atoms with Crippen LogP contribution in [0.4, 0.5) is 0 Å². The molecule has 2 aliphatic rings. The van der Waals surface area contributed by atoms with Crippen LogP contribution in [0.15, 0.2) is 29.3 Å². The van der Waals surface area contributed by atoms with E-state index in [1.54, 1.807) is 7.11 Å². The number of hydrogen-bond acceptors (Lipinski definition) is 4. The van der Waals surface area contributed by atoms with Crippen molar-refractivity contribution in [2.75, 3.05) is 59.7 Å². The van der Waals surface area contributed by atoms with Crippen LogP contribution in [0.5, 0.6) is 0 Å².